The van der Waals surface area contributed by atoms with Gasteiger partial charge >= 0.3 is 0 Å². The van der Waals surface area contributed by atoms with Gasteiger partial charge in [-0.3, -0.25) is 4.90 Å². The topological polar surface area (TPSA) is 30.9 Å². The Morgan fingerprint density at radius 1 is 1.12 bits per heavy atom. The van der Waals surface area contributed by atoms with Crippen LogP contribution in [0.3, 0.4) is 0 Å². The number of hydrogen-bond acceptors (Lipinski definition) is 4. The van der Waals surface area contributed by atoms with Crippen molar-refractivity contribution < 1.29 is 14.2 Å². The van der Waals surface area contributed by atoms with E-state index in [1.165, 1.54) is 0 Å². The Kier molecular flexibility index (Phi) is 7.04. The molecule has 2 rings (SSSR count). The molecule has 0 aromatic carbocycles. The van der Waals surface area contributed by atoms with Gasteiger partial charge in [0.15, 0.2) is 0 Å². The molecule has 2 fully saturated rings. The first-order chi connectivity index (χ1) is 8.35. The van der Waals surface area contributed by atoms with Gasteiger partial charge < -0.3 is 14.2 Å². The highest BCUT2D eigenvalue weighted by Crippen LogP contribution is 2.29. The van der Waals surface area contributed by atoms with Crippen LogP contribution in [0.2, 0.25) is 0 Å². The van der Waals surface area contributed by atoms with Crippen molar-refractivity contribution in [3.05, 3.63) is 0 Å². The van der Waals surface area contributed by atoms with Crippen LogP contribution in [0.1, 0.15) is 20.8 Å². The van der Waals surface area contributed by atoms with Crippen LogP contribution in [0.4, 0.5) is 0 Å². The molecule has 0 radical (unpaired) electrons. The summed E-state index contributed by atoms with van der Waals surface area (Å²) in [5, 5.41) is 0. The van der Waals surface area contributed by atoms with E-state index in [0.29, 0.717) is 0 Å². The summed E-state index contributed by atoms with van der Waals surface area (Å²) in [5.74, 6) is 0. The van der Waals surface area contributed by atoms with Gasteiger partial charge in [-0.05, 0) is 6.92 Å². The lowest BCUT2D eigenvalue weighted by Crippen LogP contribution is -2.55. The fourth-order valence-electron chi connectivity index (χ4n) is 2.16. The van der Waals surface area contributed by atoms with E-state index in [-0.39, 0.29) is 5.41 Å². The summed E-state index contributed by atoms with van der Waals surface area (Å²) < 4.78 is 16.2. The van der Waals surface area contributed by atoms with Gasteiger partial charge in [0.2, 0.25) is 0 Å². The second-order valence-corrected chi connectivity index (χ2v) is 4.52. The largest absolute Gasteiger partial charge is 0.381 e. The molecule has 0 aromatic heterocycles. The van der Waals surface area contributed by atoms with E-state index >= 15 is 0 Å². The van der Waals surface area contributed by atoms with E-state index in [2.05, 4.69) is 4.90 Å². The van der Waals surface area contributed by atoms with Crippen molar-refractivity contribution in [2.24, 2.45) is 5.41 Å². The van der Waals surface area contributed by atoms with E-state index in [1.54, 1.807) is 0 Å². The van der Waals surface area contributed by atoms with Crippen molar-refractivity contribution in [2.75, 3.05) is 59.3 Å². The van der Waals surface area contributed by atoms with Crippen LogP contribution in [-0.4, -0.2) is 64.2 Å². The van der Waals surface area contributed by atoms with Gasteiger partial charge in [0, 0.05) is 26.2 Å². The standard InChI is InChI=1S/C11H21NO3.C2H6/c1-2-13-8-11(9-15-10-11)7-12-3-5-14-6-4-12;1-2/h2-10H2,1H3;1-2H3. The smallest absolute Gasteiger partial charge is 0.0594 e. The molecule has 0 amide bonds. The zero-order chi connectivity index (χ0) is 12.6. The zero-order valence-corrected chi connectivity index (χ0v) is 11.5. The van der Waals surface area contributed by atoms with Gasteiger partial charge in [0.1, 0.15) is 0 Å². The van der Waals surface area contributed by atoms with E-state index in [9.17, 15) is 0 Å². The van der Waals surface area contributed by atoms with Crippen LogP contribution in [0.25, 0.3) is 0 Å². The molecule has 4 heteroatoms. The van der Waals surface area contributed by atoms with Crippen LogP contribution in [0, 0.1) is 5.41 Å². The average molecular weight is 245 g/mol. The number of morpholine rings is 1. The predicted molar refractivity (Wildman–Crippen MR) is 68.4 cm³/mol. The second-order valence-electron chi connectivity index (χ2n) is 4.52. The third-order valence-corrected chi connectivity index (χ3v) is 3.09. The molecule has 0 aliphatic carbocycles. The Bertz CT molecular complexity index is 189. The SMILES string of the molecule is CC.CCOCC1(CN2CCOCC2)COC1. The minimum atomic E-state index is 0.257. The molecule has 0 N–H and O–H groups in total. The van der Waals surface area contributed by atoms with Crippen LogP contribution in [0.15, 0.2) is 0 Å². The quantitative estimate of drug-likeness (QED) is 0.732. The first kappa shape index (κ1) is 14.9. The van der Waals surface area contributed by atoms with Crippen molar-refractivity contribution in [1.82, 2.24) is 4.90 Å². The predicted octanol–water partition coefficient (Wildman–Crippen LogP) is 1.40. The van der Waals surface area contributed by atoms with Gasteiger partial charge in [-0.15, -0.1) is 0 Å². The molecule has 2 saturated heterocycles. The Labute approximate surface area is 105 Å². The van der Waals surface area contributed by atoms with Crippen molar-refractivity contribution in [1.29, 1.82) is 0 Å². The van der Waals surface area contributed by atoms with Crippen LogP contribution in [0.5, 0.6) is 0 Å². The molecule has 0 saturated carbocycles. The van der Waals surface area contributed by atoms with E-state index in [0.717, 1.165) is 59.3 Å². The summed E-state index contributed by atoms with van der Waals surface area (Å²) >= 11 is 0. The molecule has 17 heavy (non-hydrogen) atoms. The molecule has 0 bridgehead atoms. The molecule has 0 unspecified atom stereocenters. The van der Waals surface area contributed by atoms with E-state index < -0.39 is 0 Å². The first-order valence-corrected chi connectivity index (χ1v) is 6.80. The van der Waals surface area contributed by atoms with Gasteiger partial charge in [-0.25, -0.2) is 0 Å². The molecule has 0 aromatic rings. The lowest BCUT2D eigenvalue weighted by atomic mass is 9.86. The summed E-state index contributed by atoms with van der Waals surface area (Å²) in [4.78, 5) is 2.46. The Morgan fingerprint density at radius 2 is 1.76 bits per heavy atom. The Hall–Kier alpha value is -0.160. The highest BCUT2D eigenvalue weighted by Gasteiger charge is 2.40. The fraction of sp³-hybridized carbons (Fsp3) is 1.00. The second kappa shape index (κ2) is 8.03. The maximum atomic E-state index is 5.54. The van der Waals surface area contributed by atoms with Crippen molar-refractivity contribution >= 4 is 0 Å². The van der Waals surface area contributed by atoms with Gasteiger partial charge in [0.05, 0.1) is 38.4 Å². The zero-order valence-electron chi connectivity index (χ0n) is 11.5. The molecule has 2 heterocycles. The molecule has 0 spiro atoms. The summed E-state index contributed by atoms with van der Waals surface area (Å²) in [6, 6.07) is 0. The molecule has 4 nitrogen and oxygen atoms in total. The summed E-state index contributed by atoms with van der Waals surface area (Å²) in [7, 11) is 0. The number of rotatable bonds is 5. The number of ether oxygens (including phenoxy) is 3. The lowest BCUT2D eigenvalue weighted by molar-refractivity contribution is -0.162. The molecule has 102 valence electrons. The van der Waals surface area contributed by atoms with Crippen LogP contribution < -0.4 is 0 Å². The molecular weight excluding hydrogens is 218 g/mol. The summed E-state index contributed by atoms with van der Waals surface area (Å²) in [6.45, 7) is 14.3. The normalized spacial score (nSPS) is 23.5. The van der Waals surface area contributed by atoms with Gasteiger partial charge in [-0.1, -0.05) is 13.8 Å². The molecular formula is C13H27NO3. The van der Waals surface area contributed by atoms with Crippen LogP contribution in [-0.2, 0) is 14.2 Å². The maximum absolute atomic E-state index is 5.54. The lowest BCUT2D eigenvalue weighted by Gasteiger charge is -2.45. The Morgan fingerprint density at radius 3 is 2.24 bits per heavy atom. The van der Waals surface area contributed by atoms with Crippen molar-refractivity contribution in [3.63, 3.8) is 0 Å². The molecule has 2 aliphatic rings. The van der Waals surface area contributed by atoms with Crippen molar-refractivity contribution in [3.8, 4) is 0 Å². The first-order valence-electron chi connectivity index (χ1n) is 6.80. The highest BCUT2D eigenvalue weighted by atomic mass is 16.5. The van der Waals surface area contributed by atoms with Crippen LogP contribution >= 0.6 is 0 Å². The van der Waals surface area contributed by atoms with Gasteiger partial charge in [-0.2, -0.15) is 0 Å². The summed E-state index contributed by atoms with van der Waals surface area (Å²) in [5.41, 5.74) is 0.257. The number of nitrogens with zero attached hydrogens (tertiary/aromatic N) is 1. The third kappa shape index (κ3) is 4.54. The third-order valence-electron chi connectivity index (χ3n) is 3.09. The van der Waals surface area contributed by atoms with Crippen molar-refractivity contribution in [2.45, 2.75) is 20.8 Å². The van der Waals surface area contributed by atoms with E-state index in [4.69, 9.17) is 14.2 Å². The number of hydrogen-bond donors (Lipinski definition) is 0. The average Bonchev–Trinajstić information content (AvgIpc) is 2.36. The fourth-order valence-corrected chi connectivity index (χ4v) is 2.16. The monoisotopic (exact) mass is 245 g/mol. The summed E-state index contributed by atoms with van der Waals surface area (Å²) in [6.07, 6.45) is 0. The Balaban J connectivity index is 0.000000686. The minimum Gasteiger partial charge on any atom is -0.381 e. The highest BCUT2D eigenvalue weighted by molar-refractivity contribution is 4.89. The maximum Gasteiger partial charge on any atom is 0.0594 e. The van der Waals surface area contributed by atoms with E-state index in [1.807, 2.05) is 20.8 Å². The minimum absolute atomic E-state index is 0.257. The molecule has 0 atom stereocenters. The molecule has 2 aliphatic heterocycles. The van der Waals surface area contributed by atoms with Gasteiger partial charge in [0.25, 0.3) is 0 Å².